The first kappa shape index (κ1) is 11.9. The van der Waals surface area contributed by atoms with E-state index in [9.17, 15) is 9.59 Å². The molecule has 0 aromatic heterocycles. The lowest BCUT2D eigenvalue weighted by molar-refractivity contribution is -0.119. The molecule has 0 unspecified atom stereocenters. The summed E-state index contributed by atoms with van der Waals surface area (Å²) in [5, 5.41) is 0. The Morgan fingerprint density at radius 2 is 1.74 bits per heavy atom. The summed E-state index contributed by atoms with van der Waals surface area (Å²) < 4.78 is 10.7. The topological polar surface area (TPSA) is 55.8 Å². The second-order valence-corrected chi connectivity index (χ2v) is 4.55. The maximum absolute atomic E-state index is 11.5. The third kappa shape index (κ3) is 2.37. The Morgan fingerprint density at radius 1 is 1.11 bits per heavy atom. The number of carbonyl (C=O) groups is 2. The van der Waals surface area contributed by atoms with Gasteiger partial charge in [-0.3, -0.25) is 9.59 Å². The van der Waals surface area contributed by atoms with Crippen LogP contribution in [0.5, 0.6) is 5.75 Å². The van der Waals surface area contributed by atoms with Gasteiger partial charge in [0.1, 0.15) is 5.75 Å². The van der Waals surface area contributed by atoms with Gasteiger partial charge in [-0.25, -0.2) is 4.90 Å². The molecule has 2 heterocycles. The molecule has 3 rings (SSSR count). The molecule has 0 N–H and O–H groups in total. The first-order valence-corrected chi connectivity index (χ1v) is 6.11. The van der Waals surface area contributed by atoms with Gasteiger partial charge in [0.2, 0.25) is 0 Å². The van der Waals surface area contributed by atoms with E-state index in [2.05, 4.69) is 0 Å². The summed E-state index contributed by atoms with van der Waals surface area (Å²) >= 11 is 0. The zero-order valence-corrected chi connectivity index (χ0v) is 10.2. The largest absolute Gasteiger partial charge is 0.493 e. The molecule has 0 bridgehead atoms. The summed E-state index contributed by atoms with van der Waals surface area (Å²) in [5.41, 5.74) is 0.555. The van der Waals surface area contributed by atoms with Crippen molar-refractivity contribution in [3.63, 3.8) is 0 Å². The smallest absolute Gasteiger partial charge is 0.258 e. The van der Waals surface area contributed by atoms with Gasteiger partial charge in [0, 0.05) is 18.1 Å². The van der Waals surface area contributed by atoms with E-state index in [0.29, 0.717) is 18.2 Å². The third-order valence-corrected chi connectivity index (χ3v) is 3.10. The quantitative estimate of drug-likeness (QED) is 0.761. The van der Waals surface area contributed by atoms with Crippen molar-refractivity contribution in [1.82, 2.24) is 0 Å². The number of hydrogen-bond donors (Lipinski definition) is 0. The lowest BCUT2D eigenvalue weighted by Gasteiger charge is -2.25. The molecule has 1 aromatic rings. The van der Waals surface area contributed by atoms with Gasteiger partial charge in [0.25, 0.3) is 11.8 Å². The van der Waals surface area contributed by atoms with Crippen LogP contribution in [0.2, 0.25) is 0 Å². The van der Waals surface area contributed by atoms with Crippen molar-refractivity contribution in [3.05, 3.63) is 36.4 Å². The molecule has 1 saturated heterocycles. The Morgan fingerprint density at radius 3 is 2.26 bits per heavy atom. The van der Waals surface area contributed by atoms with Crippen LogP contribution in [0.25, 0.3) is 0 Å². The highest BCUT2D eigenvalue weighted by molar-refractivity contribution is 6.28. The van der Waals surface area contributed by atoms with Crippen LogP contribution in [0.4, 0.5) is 5.69 Å². The highest BCUT2D eigenvalue weighted by Crippen LogP contribution is 2.23. The average molecular weight is 259 g/mol. The fourth-order valence-corrected chi connectivity index (χ4v) is 1.94. The van der Waals surface area contributed by atoms with Gasteiger partial charge >= 0.3 is 0 Å². The predicted molar refractivity (Wildman–Crippen MR) is 67.9 cm³/mol. The molecule has 5 nitrogen and oxygen atoms in total. The van der Waals surface area contributed by atoms with Gasteiger partial charge in [-0.1, -0.05) is 0 Å². The molecule has 0 aliphatic carbocycles. The van der Waals surface area contributed by atoms with Crippen molar-refractivity contribution < 1.29 is 19.1 Å². The normalized spacial score (nSPS) is 18.8. The maximum Gasteiger partial charge on any atom is 0.258 e. The zero-order valence-electron chi connectivity index (χ0n) is 10.2. The number of imide groups is 1. The van der Waals surface area contributed by atoms with E-state index in [1.54, 1.807) is 24.3 Å². The lowest BCUT2D eigenvalue weighted by atomic mass is 10.1. The molecule has 0 atom stereocenters. The van der Waals surface area contributed by atoms with Gasteiger partial charge in [-0.15, -0.1) is 0 Å². The van der Waals surface area contributed by atoms with Crippen molar-refractivity contribution in [2.75, 3.05) is 24.7 Å². The summed E-state index contributed by atoms with van der Waals surface area (Å²) in [6, 6.07) is 6.92. The Balaban J connectivity index is 1.65. The van der Waals surface area contributed by atoms with E-state index in [0.717, 1.165) is 23.9 Å². The molecular weight excluding hydrogens is 246 g/mol. The maximum atomic E-state index is 11.5. The van der Waals surface area contributed by atoms with E-state index in [1.807, 2.05) is 0 Å². The van der Waals surface area contributed by atoms with Crippen molar-refractivity contribution in [3.8, 4) is 5.75 Å². The molecule has 0 radical (unpaired) electrons. The van der Waals surface area contributed by atoms with E-state index in [-0.39, 0.29) is 11.8 Å². The summed E-state index contributed by atoms with van der Waals surface area (Å²) in [6.07, 6.45) is 2.53. The first-order valence-electron chi connectivity index (χ1n) is 6.11. The Hall–Kier alpha value is -2.14. The van der Waals surface area contributed by atoms with Crippen LogP contribution in [-0.4, -0.2) is 31.6 Å². The molecular formula is C14H13NO4. The lowest BCUT2D eigenvalue weighted by Crippen LogP contribution is -2.32. The van der Waals surface area contributed by atoms with Crippen molar-refractivity contribution in [2.24, 2.45) is 5.92 Å². The third-order valence-electron chi connectivity index (χ3n) is 3.10. The van der Waals surface area contributed by atoms with E-state index < -0.39 is 0 Å². The number of hydrogen-bond acceptors (Lipinski definition) is 4. The molecule has 19 heavy (non-hydrogen) atoms. The van der Waals surface area contributed by atoms with Crippen LogP contribution in [-0.2, 0) is 14.3 Å². The summed E-state index contributed by atoms with van der Waals surface area (Å²) in [5.74, 6) is 0.559. The number of ether oxygens (including phenoxy) is 2. The highest BCUT2D eigenvalue weighted by atomic mass is 16.5. The van der Waals surface area contributed by atoms with Gasteiger partial charge < -0.3 is 9.47 Å². The fraction of sp³-hybridized carbons (Fsp3) is 0.286. The van der Waals surface area contributed by atoms with Crippen molar-refractivity contribution in [2.45, 2.75) is 0 Å². The minimum absolute atomic E-state index is 0.315. The van der Waals surface area contributed by atoms with Crippen LogP contribution >= 0.6 is 0 Å². The minimum atomic E-state index is -0.315. The van der Waals surface area contributed by atoms with E-state index in [4.69, 9.17) is 9.47 Å². The molecule has 0 saturated carbocycles. The van der Waals surface area contributed by atoms with E-state index in [1.165, 1.54) is 12.2 Å². The molecule has 5 heteroatoms. The van der Waals surface area contributed by atoms with Crippen LogP contribution in [0, 0.1) is 5.92 Å². The summed E-state index contributed by atoms with van der Waals surface area (Å²) in [7, 11) is 0. The van der Waals surface area contributed by atoms with Crippen molar-refractivity contribution >= 4 is 17.5 Å². The number of amides is 2. The van der Waals surface area contributed by atoms with Gasteiger partial charge in [-0.2, -0.15) is 0 Å². The Kier molecular flexibility index (Phi) is 3.05. The van der Waals surface area contributed by atoms with E-state index >= 15 is 0 Å². The van der Waals surface area contributed by atoms with Crippen LogP contribution in [0.15, 0.2) is 36.4 Å². The number of carbonyl (C=O) groups excluding carboxylic acids is 2. The summed E-state index contributed by atoms with van der Waals surface area (Å²) in [4.78, 5) is 24.1. The monoisotopic (exact) mass is 259 g/mol. The van der Waals surface area contributed by atoms with Gasteiger partial charge in [0.15, 0.2) is 0 Å². The fourth-order valence-electron chi connectivity index (χ4n) is 1.94. The molecule has 98 valence electrons. The van der Waals surface area contributed by atoms with Crippen molar-refractivity contribution in [1.29, 1.82) is 0 Å². The Bertz CT molecular complexity index is 513. The zero-order chi connectivity index (χ0) is 13.2. The minimum Gasteiger partial charge on any atom is -0.493 e. The Labute approximate surface area is 110 Å². The second kappa shape index (κ2) is 4.85. The van der Waals surface area contributed by atoms with Crippen LogP contribution in [0.3, 0.4) is 0 Å². The SMILES string of the molecule is O=C1C=CC(=O)N1c1ccc(OCC2COC2)cc1. The highest BCUT2D eigenvalue weighted by Gasteiger charge is 2.25. The number of nitrogens with zero attached hydrogens (tertiary/aromatic N) is 1. The van der Waals surface area contributed by atoms with Gasteiger partial charge in [-0.05, 0) is 24.3 Å². The molecule has 2 aliphatic heterocycles. The standard InChI is InChI=1S/C14H13NO4/c16-13-5-6-14(17)15(13)11-1-3-12(4-2-11)19-9-10-7-18-8-10/h1-6,10H,7-9H2. The van der Waals surface area contributed by atoms with Crippen LogP contribution < -0.4 is 9.64 Å². The molecule has 0 spiro atoms. The molecule has 2 aliphatic rings. The molecule has 1 aromatic carbocycles. The summed E-state index contributed by atoms with van der Waals surface area (Å²) in [6.45, 7) is 2.13. The number of benzene rings is 1. The first-order chi connectivity index (χ1) is 9.24. The number of rotatable bonds is 4. The second-order valence-electron chi connectivity index (χ2n) is 4.55. The van der Waals surface area contributed by atoms with Gasteiger partial charge in [0.05, 0.1) is 25.5 Å². The van der Waals surface area contributed by atoms with Crippen LogP contribution in [0.1, 0.15) is 0 Å². The number of anilines is 1. The molecule has 1 fully saturated rings. The average Bonchev–Trinajstić information content (AvgIpc) is 2.68. The predicted octanol–water partition coefficient (Wildman–Crippen LogP) is 1.14. The molecule has 2 amide bonds.